The maximum absolute atomic E-state index is 11.8. The van der Waals surface area contributed by atoms with Crippen molar-refractivity contribution in [3.63, 3.8) is 0 Å². The number of rotatable bonds is 9. The second-order valence-electron chi connectivity index (χ2n) is 5.92. The van der Waals surface area contributed by atoms with Gasteiger partial charge in [0.15, 0.2) is 0 Å². The van der Waals surface area contributed by atoms with E-state index in [1.807, 2.05) is 24.3 Å². The van der Waals surface area contributed by atoms with E-state index in [1.54, 1.807) is 0 Å². The van der Waals surface area contributed by atoms with Crippen molar-refractivity contribution in [3.8, 4) is 0 Å². The Morgan fingerprint density at radius 2 is 2.09 bits per heavy atom. The van der Waals surface area contributed by atoms with E-state index in [9.17, 15) is 4.79 Å². The first kappa shape index (κ1) is 17.8. The molecule has 1 saturated heterocycles. The Kier molecular flexibility index (Phi) is 7.90. The number of carbonyl (C=O) groups excluding carboxylic acids is 1. The predicted molar refractivity (Wildman–Crippen MR) is 91.7 cm³/mol. The number of anilines is 1. The Hall–Kier alpha value is -1.59. The van der Waals surface area contributed by atoms with Crippen molar-refractivity contribution in [1.82, 2.24) is 4.90 Å². The van der Waals surface area contributed by atoms with E-state index >= 15 is 0 Å². The zero-order valence-corrected chi connectivity index (χ0v) is 14.1. The van der Waals surface area contributed by atoms with E-state index in [0.717, 1.165) is 50.3 Å². The Balaban J connectivity index is 1.67. The third kappa shape index (κ3) is 7.01. The molecule has 1 heterocycles. The standard InChI is InChI=1S/C18H28N2O3/c1-2-3-12-22-15-16-7-6-8-17(14-16)19-18(21)23-13-11-20-9-4-5-10-20/h6-8,14H,2-5,9-13,15H2,1H3,(H,19,21). The number of carbonyl (C=O) groups is 1. The van der Waals surface area contributed by atoms with Gasteiger partial charge in [-0.05, 0) is 50.0 Å². The second kappa shape index (κ2) is 10.2. The average Bonchev–Trinajstić information content (AvgIpc) is 3.05. The Morgan fingerprint density at radius 3 is 2.87 bits per heavy atom. The molecule has 1 aromatic rings. The van der Waals surface area contributed by atoms with Gasteiger partial charge < -0.3 is 9.47 Å². The van der Waals surface area contributed by atoms with Gasteiger partial charge in [-0.3, -0.25) is 10.2 Å². The van der Waals surface area contributed by atoms with E-state index in [-0.39, 0.29) is 0 Å². The molecule has 0 saturated carbocycles. The first-order valence-corrected chi connectivity index (χ1v) is 8.60. The summed E-state index contributed by atoms with van der Waals surface area (Å²) in [6.07, 6.45) is 4.30. The number of hydrogen-bond donors (Lipinski definition) is 1. The summed E-state index contributed by atoms with van der Waals surface area (Å²) in [5, 5.41) is 2.77. The van der Waals surface area contributed by atoms with Gasteiger partial charge in [0.25, 0.3) is 0 Å². The summed E-state index contributed by atoms with van der Waals surface area (Å²) in [4.78, 5) is 14.1. The van der Waals surface area contributed by atoms with Gasteiger partial charge in [0.2, 0.25) is 0 Å². The molecule has 0 unspecified atom stereocenters. The molecule has 23 heavy (non-hydrogen) atoms. The van der Waals surface area contributed by atoms with Crippen LogP contribution < -0.4 is 5.32 Å². The monoisotopic (exact) mass is 320 g/mol. The molecule has 1 amide bonds. The van der Waals surface area contributed by atoms with Crippen LogP contribution in [0.1, 0.15) is 38.2 Å². The highest BCUT2D eigenvalue weighted by molar-refractivity contribution is 5.84. The summed E-state index contributed by atoms with van der Waals surface area (Å²) >= 11 is 0. The van der Waals surface area contributed by atoms with E-state index < -0.39 is 6.09 Å². The number of nitrogens with one attached hydrogen (secondary N) is 1. The number of likely N-dealkylation sites (tertiary alicyclic amines) is 1. The van der Waals surface area contributed by atoms with Crippen molar-refractivity contribution < 1.29 is 14.3 Å². The SMILES string of the molecule is CCCCOCc1cccc(NC(=O)OCCN2CCCC2)c1. The third-order valence-corrected chi connectivity index (χ3v) is 3.92. The van der Waals surface area contributed by atoms with Crippen LogP contribution in [0.25, 0.3) is 0 Å². The molecular weight excluding hydrogens is 292 g/mol. The summed E-state index contributed by atoms with van der Waals surface area (Å²) in [6, 6.07) is 7.69. The van der Waals surface area contributed by atoms with Crippen LogP contribution in [0.5, 0.6) is 0 Å². The lowest BCUT2D eigenvalue weighted by Gasteiger charge is -2.14. The van der Waals surface area contributed by atoms with Gasteiger partial charge in [-0.25, -0.2) is 4.79 Å². The molecule has 0 spiro atoms. The van der Waals surface area contributed by atoms with Crippen LogP contribution in [0.15, 0.2) is 24.3 Å². The molecule has 1 aromatic carbocycles. The highest BCUT2D eigenvalue weighted by atomic mass is 16.5. The van der Waals surface area contributed by atoms with Crippen molar-refractivity contribution in [1.29, 1.82) is 0 Å². The lowest BCUT2D eigenvalue weighted by molar-refractivity contribution is 0.118. The molecule has 1 fully saturated rings. The van der Waals surface area contributed by atoms with Gasteiger partial charge >= 0.3 is 6.09 Å². The van der Waals surface area contributed by atoms with Crippen molar-refractivity contribution in [2.75, 3.05) is 38.2 Å². The smallest absolute Gasteiger partial charge is 0.411 e. The topological polar surface area (TPSA) is 50.8 Å². The highest BCUT2D eigenvalue weighted by Crippen LogP contribution is 2.12. The minimum Gasteiger partial charge on any atom is -0.448 e. The fourth-order valence-corrected chi connectivity index (χ4v) is 2.60. The number of nitrogens with zero attached hydrogens (tertiary/aromatic N) is 1. The fraction of sp³-hybridized carbons (Fsp3) is 0.611. The number of unbranched alkanes of at least 4 members (excludes halogenated alkanes) is 1. The molecule has 0 radical (unpaired) electrons. The lowest BCUT2D eigenvalue weighted by Crippen LogP contribution is -2.26. The second-order valence-corrected chi connectivity index (χ2v) is 5.92. The van der Waals surface area contributed by atoms with E-state index in [2.05, 4.69) is 17.1 Å². The summed E-state index contributed by atoms with van der Waals surface area (Å²) in [6.45, 7) is 6.97. The largest absolute Gasteiger partial charge is 0.448 e. The molecule has 0 aromatic heterocycles. The zero-order chi connectivity index (χ0) is 16.3. The summed E-state index contributed by atoms with van der Waals surface area (Å²) in [7, 11) is 0. The average molecular weight is 320 g/mol. The van der Waals surface area contributed by atoms with Crippen LogP contribution >= 0.6 is 0 Å². The Bertz CT molecular complexity index is 473. The van der Waals surface area contributed by atoms with Crippen LogP contribution in [-0.2, 0) is 16.1 Å². The molecule has 5 heteroatoms. The molecule has 1 N–H and O–H groups in total. The summed E-state index contributed by atoms with van der Waals surface area (Å²) in [5.41, 5.74) is 1.80. The number of amides is 1. The maximum atomic E-state index is 11.8. The van der Waals surface area contributed by atoms with Gasteiger partial charge in [0.1, 0.15) is 6.61 Å². The van der Waals surface area contributed by atoms with Crippen LogP contribution in [0.4, 0.5) is 10.5 Å². The lowest BCUT2D eigenvalue weighted by atomic mass is 10.2. The highest BCUT2D eigenvalue weighted by Gasteiger charge is 2.12. The van der Waals surface area contributed by atoms with Crippen molar-refractivity contribution in [3.05, 3.63) is 29.8 Å². The van der Waals surface area contributed by atoms with Crippen molar-refractivity contribution in [2.24, 2.45) is 0 Å². The normalized spacial score (nSPS) is 14.8. The van der Waals surface area contributed by atoms with E-state index in [1.165, 1.54) is 12.8 Å². The van der Waals surface area contributed by atoms with Crippen LogP contribution in [0.3, 0.4) is 0 Å². The van der Waals surface area contributed by atoms with Crippen LogP contribution in [0.2, 0.25) is 0 Å². The molecule has 1 aliphatic rings. The van der Waals surface area contributed by atoms with Gasteiger partial charge in [0, 0.05) is 18.8 Å². The maximum Gasteiger partial charge on any atom is 0.411 e. The van der Waals surface area contributed by atoms with Gasteiger partial charge in [-0.2, -0.15) is 0 Å². The van der Waals surface area contributed by atoms with Gasteiger partial charge in [0.05, 0.1) is 6.61 Å². The Labute approximate surface area is 139 Å². The molecule has 0 bridgehead atoms. The van der Waals surface area contributed by atoms with Gasteiger partial charge in [-0.15, -0.1) is 0 Å². The van der Waals surface area contributed by atoms with E-state index in [4.69, 9.17) is 9.47 Å². The molecule has 0 aliphatic carbocycles. The first-order chi connectivity index (χ1) is 11.3. The Morgan fingerprint density at radius 1 is 1.26 bits per heavy atom. The van der Waals surface area contributed by atoms with Crippen molar-refractivity contribution >= 4 is 11.8 Å². The van der Waals surface area contributed by atoms with Crippen LogP contribution in [0, 0.1) is 0 Å². The number of hydrogen-bond acceptors (Lipinski definition) is 4. The molecule has 2 rings (SSSR count). The van der Waals surface area contributed by atoms with E-state index in [0.29, 0.717) is 13.2 Å². The molecular formula is C18H28N2O3. The molecule has 5 nitrogen and oxygen atoms in total. The van der Waals surface area contributed by atoms with Crippen molar-refractivity contribution in [2.45, 2.75) is 39.2 Å². The molecule has 0 atom stereocenters. The quantitative estimate of drug-likeness (QED) is 0.706. The first-order valence-electron chi connectivity index (χ1n) is 8.60. The van der Waals surface area contributed by atoms with Crippen LogP contribution in [-0.4, -0.2) is 43.8 Å². The predicted octanol–water partition coefficient (Wildman–Crippen LogP) is 3.65. The summed E-state index contributed by atoms with van der Waals surface area (Å²) < 4.78 is 10.8. The third-order valence-electron chi connectivity index (χ3n) is 3.92. The minimum atomic E-state index is -0.395. The fourth-order valence-electron chi connectivity index (χ4n) is 2.60. The molecule has 1 aliphatic heterocycles. The number of benzene rings is 1. The molecule has 128 valence electrons. The zero-order valence-electron chi connectivity index (χ0n) is 14.1. The summed E-state index contributed by atoms with van der Waals surface area (Å²) in [5.74, 6) is 0. The minimum absolute atomic E-state index is 0.395. The van der Waals surface area contributed by atoms with Gasteiger partial charge in [-0.1, -0.05) is 25.5 Å². The number of ether oxygens (including phenoxy) is 2.